The first kappa shape index (κ1) is 17.3. The van der Waals surface area contributed by atoms with Gasteiger partial charge < -0.3 is 15.0 Å². The van der Waals surface area contributed by atoms with Crippen LogP contribution in [0.3, 0.4) is 0 Å². The van der Waals surface area contributed by atoms with Crippen LogP contribution in [-0.2, 0) is 9.59 Å². The van der Waals surface area contributed by atoms with E-state index in [9.17, 15) is 14.4 Å². The van der Waals surface area contributed by atoms with Gasteiger partial charge in [-0.05, 0) is 25.0 Å². The molecule has 3 rings (SSSR count). The number of imide groups is 1. The molecule has 4 amide bonds. The van der Waals surface area contributed by atoms with Gasteiger partial charge in [0.2, 0.25) is 5.91 Å². The van der Waals surface area contributed by atoms with E-state index in [1.165, 1.54) is 4.90 Å². The number of benzene rings is 1. The molecule has 2 fully saturated rings. The highest BCUT2D eigenvalue weighted by molar-refractivity contribution is 6.07. The van der Waals surface area contributed by atoms with E-state index in [0.29, 0.717) is 38.1 Å². The van der Waals surface area contributed by atoms with Crippen LogP contribution in [0, 0.1) is 0 Å². The summed E-state index contributed by atoms with van der Waals surface area (Å²) in [7, 11) is 0. The van der Waals surface area contributed by atoms with Gasteiger partial charge in [-0.15, -0.1) is 0 Å². The van der Waals surface area contributed by atoms with Crippen LogP contribution in [-0.4, -0.2) is 59.4 Å². The number of piperidine rings is 1. The van der Waals surface area contributed by atoms with Gasteiger partial charge in [0.05, 0.1) is 6.54 Å². The summed E-state index contributed by atoms with van der Waals surface area (Å²) in [5.74, 6) is 0.577. The molecule has 0 unspecified atom stereocenters. The third-order valence-corrected chi connectivity index (χ3v) is 4.84. The highest BCUT2D eigenvalue weighted by Crippen LogP contribution is 2.29. The smallest absolute Gasteiger partial charge is 0.325 e. The molecule has 1 N–H and O–H groups in total. The normalized spacial score (nSPS) is 19.2. The van der Waals surface area contributed by atoms with Crippen molar-refractivity contribution in [3.8, 4) is 5.75 Å². The number of rotatable bonds is 5. The van der Waals surface area contributed by atoms with Crippen LogP contribution >= 0.6 is 0 Å². The summed E-state index contributed by atoms with van der Waals surface area (Å²) >= 11 is 0. The van der Waals surface area contributed by atoms with Gasteiger partial charge in [0.15, 0.2) is 0 Å². The lowest BCUT2D eigenvalue weighted by Gasteiger charge is -2.37. The number of carbonyl (C=O) groups excluding carboxylic acids is 3. The second-order valence-corrected chi connectivity index (χ2v) is 6.36. The number of amides is 4. The van der Waals surface area contributed by atoms with Crippen molar-refractivity contribution in [2.45, 2.75) is 31.7 Å². The van der Waals surface area contributed by atoms with Crippen molar-refractivity contribution >= 4 is 17.8 Å². The SMILES string of the molecule is CCC(=O)N1CCC2(CC1)NC(=O)N(CCOc1ccccc1)C2=O. The molecule has 25 heavy (non-hydrogen) atoms. The van der Waals surface area contributed by atoms with E-state index in [1.54, 1.807) is 4.90 Å². The molecule has 1 aromatic rings. The van der Waals surface area contributed by atoms with Crippen LogP contribution in [0.15, 0.2) is 30.3 Å². The first-order chi connectivity index (χ1) is 12.1. The van der Waals surface area contributed by atoms with Crippen LogP contribution < -0.4 is 10.1 Å². The van der Waals surface area contributed by atoms with Gasteiger partial charge in [-0.3, -0.25) is 14.5 Å². The number of urea groups is 1. The molecule has 1 aromatic carbocycles. The second-order valence-electron chi connectivity index (χ2n) is 6.36. The number of likely N-dealkylation sites (tertiary alicyclic amines) is 1. The number of nitrogens with zero attached hydrogens (tertiary/aromatic N) is 2. The largest absolute Gasteiger partial charge is 0.492 e. The summed E-state index contributed by atoms with van der Waals surface area (Å²) in [6, 6.07) is 8.90. The molecule has 2 aliphatic rings. The Kier molecular flexibility index (Phi) is 4.92. The molecule has 0 atom stereocenters. The zero-order valence-corrected chi connectivity index (χ0v) is 14.4. The summed E-state index contributed by atoms with van der Waals surface area (Å²) in [6.07, 6.45) is 1.37. The molecular formula is C18H23N3O4. The minimum Gasteiger partial charge on any atom is -0.492 e. The van der Waals surface area contributed by atoms with Crippen molar-refractivity contribution in [1.82, 2.24) is 15.1 Å². The Morgan fingerprint density at radius 3 is 2.52 bits per heavy atom. The zero-order chi connectivity index (χ0) is 17.9. The van der Waals surface area contributed by atoms with Gasteiger partial charge in [0.1, 0.15) is 17.9 Å². The minimum atomic E-state index is -0.867. The second kappa shape index (κ2) is 7.13. The average molecular weight is 345 g/mol. The highest BCUT2D eigenvalue weighted by atomic mass is 16.5. The summed E-state index contributed by atoms with van der Waals surface area (Å²) in [5, 5.41) is 2.84. The van der Waals surface area contributed by atoms with E-state index < -0.39 is 5.54 Å². The summed E-state index contributed by atoms with van der Waals surface area (Å²) < 4.78 is 5.58. The monoisotopic (exact) mass is 345 g/mol. The van der Waals surface area contributed by atoms with Crippen LogP contribution in [0.25, 0.3) is 0 Å². The van der Waals surface area contributed by atoms with E-state index in [4.69, 9.17) is 4.74 Å². The van der Waals surface area contributed by atoms with Gasteiger partial charge in [-0.1, -0.05) is 25.1 Å². The molecule has 7 heteroatoms. The first-order valence-electron chi connectivity index (χ1n) is 8.65. The van der Waals surface area contributed by atoms with Gasteiger partial charge in [-0.25, -0.2) is 4.79 Å². The lowest BCUT2D eigenvalue weighted by molar-refractivity contribution is -0.138. The van der Waals surface area contributed by atoms with E-state index in [0.717, 1.165) is 0 Å². The van der Waals surface area contributed by atoms with Crippen molar-refractivity contribution in [2.24, 2.45) is 0 Å². The van der Waals surface area contributed by atoms with Gasteiger partial charge in [0, 0.05) is 19.5 Å². The van der Waals surface area contributed by atoms with Crippen molar-refractivity contribution in [2.75, 3.05) is 26.2 Å². The van der Waals surface area contributed by atoms with E-state index in [1.807, 2.05) is 37.3 Å². The molecule has 134 valence electrons. The first-order valence-corrected chi connectivity index (χ1v) is 8.65. The Bertz CT molecular complexity index is 654. The average Bonchev–Trinajstić information content (AvgIpc) is 2.86. The fraction of sp³-hybridized carbons (Fsp3) is 0.500. The minimum absolute atomic E-state index is 0.0831. The van der Waals surface area contributed by atoms with Crippen molar-refractivity contribution in [3.63, 3.8) is 0 Å². The van der Waals surface area contributed by atoms with Gasteiger partial charge in [-0.2, -0.15) is 0 Å². The fourth-order valence-electron chi connectivity index (χ4n) is 3.35. The van der Waals surface area contributed by atoms with Crippen molar-refractivity contribution in [3.05, 3.63) is 30.3 Å². The molecule has 0 aliphatic carbocycles. The zero-order valence-electron chi connectivity index (χ0n) is 14.4. The van der Waals surface area contributed by atoms with Crippen LogP contribution in [0.2, 0.25) is 0 Å². The van der Waals surface area contributed by atoms with Crippen LogP contribution in [0.4, 0.5) is 4.79 Å². The Morgan fingerprint density at radius 2 is 1.88 bits per heavy atom. The number of ether oxygens (including phenoxy) is 1. The summed E-state index contributed by atoms with van der Waals surface area (Å²) in [4.78, 5) is 39.8. The predicted octanol–water partition coefficient (Wildman–Crippen LogP) is 1.39. The lowest BCUT2D eigenvalue weighted by Crippen LogP contribution is -2.55. The number of para-hydroxylation sites is 1. The predicted molar refractivity (Wildman–Crippen MR) is 91.0 cm³/mol. The molecule has 2 aliphatic heterocycles. The maximum Gasteiger partial charge on any atom is 0.325 e. The third-order valence-electron chi connectivity index (χ3n) is 4.84. The molecule has 7 nitrogen and oxygen atoms in total. The van der Waals surface area contributed by atoms with E-state index >= 15 is 0 Å². The molecule has 0 aromatic heterocycles. The van der Waals surface area contributed by atoms with Gasteiger partial charge in [0.25, 0.3) is 5.91 Å². The van der Waals surface area contributed by atoms with Crippen LogP contribution in [0.1, 0.15) is 26.2 Å². The number of hydrogen-bond donors (Lipinski definition) is 1. The molecule has 0 saturated carbocycles. The summed E-state index contributed by atoms with van der Waals surface area (Å²) in [6.45, 7) is 3.27. The van der Waals surface area contributed by atoms with Gasteiger partial charge >= 0.3 is 6.03 Å². The number of nitrogens with one attached hydrogen (secondary N) is 1. The molecule has 1 spiro atoms. The molecule has 2 heterocycles. The quantitative estimate of drug-likeness (QED) is 0.818. The molecular weight excluding hydrogens is 322 g/mol. The summed E-state index contributed by atoms with van der Waals surface area (Å²) in [5.41, 5.74) is -0.867. The van der Waals surface area contributed by atoms with E-state index in [-0.39, 0.29) is 31.0 Å². The molecule has 0 radical (unpaired) electrons. The maximum atomic E-state index is 12.8. The third kappa shape index (κ3) is 3.45. The van der Waals surface area contributed by atoms with Crippen molar-refractivity contribution in [1.29, 1.82) is 0 Å². The molecule has 0 bridgehead atoms. The standard InChI is InChI=1S/C18H23N3O4/c1-2-15(22)20-10-8-18(9-11-20)16(23)21(17(24)19-18)12-13-25-14-6-4-3-5-7-14/h3-7H,2,8-13H2,1H3,(H,19,24). The topological polar surface area (TPSA) is 79.0 Å². The molecule has 2 saturated heterocycles. The Morgan fingerprint density at radius 1 is 1.20 bits per heavy atom. The number of carbonyl (C=O) groups is 3. The maximum absolute atomic E-state index is 12.8. The Labute approximate surface area is 146 Å². The highest BCUT2D eigenvalue weighted by Gasteiger charge is 2.52. The van der Waals surface area contributed by atoms with Crippen molar-refractivity contribution < 1.29 is 19.1 Å². The Balaban J connectivity index is 1.56. The van der Waals surface area contributed by atoms with Crippen LogP contribution in [0.5, 0.6) is 5.75 Å². The lowest BCUT2D eigenvalue weighted by atomic mass is 9.87. The number of hydrogen-bond acceptors (Lipinski definition) is 4. The Hall–Kier alpha value is -2.57. The van der Waals surface area contributed by atoms with E-state index in [2.05, 4.69) is 5.32 Å². The fourth-order valence-corrected chi connectivity index (χ4v) is 3.35.